The molecule has 0 aromatic carbocycles. The molecule has 1 aliphatic rings. The topological polar surface area (TPSA) is 79.5 Å². The van der Waals surface area contributed by atoms with Crippen molar-refractivity contribution >= 4 is 11.3 Å². The lowest BCUT2D eigenvalue weighted by Crippen LogP contribution is -2.36. The molecule has 1 unspecified atom stereocenters. The summed E-state index contributed by atoms with van der Waals surface area (Å²) in [6, 6.07) is 0. The minimum Gasteiger partial charge on any atom is -0.381 e. The highest BCUT2D eigenvalue weighted by Crippen LogP contribution is 2.36. The molecule has 3 heterocycles. The predicted molar refractivity (Wildman–Crippen MR) is 84.2 cm³/mol. The number of thiazole rings is 1. The smallest absolute Gasteiger partial charge is 0.269 e. The molecule has 3 rings (SSSR count). The summed E-state index contributed by atoms with van der Waals surface area (Å²) in [5, 5.41) is 5.03. The number of methoxy groups -OCH3 is 1. The van der Waals surface area contributed by atoms with E-state index in [0.29, 0.717) is 31.5 Å². The Hall–Kier alpha value is -1.35. The fourth-order valence-corrected chi connectivity index (χ4v) is 3.46. The van der Waals surface area contributed by atoms with E-state index < -0.39 is 5.60 Å². The van der Waals surface area contributed by atoms with Gasteiger partial charge in [0.25, 0.3) is 5.89 Å². The van der Waals surface area contributed by atoms with E-state index in [1.165, 1.54) is 11.3 Å². The van der Waals surface area contributed by atoms with Crippen molar-refractivity contribution in [3.05, 3.63) is 17.0 Å². The van der Waals surface area contributed by atoms with E-state index in [9.17, 15) is 0 Å². The van der Waals surface area contributed by atoms with Crippen molar-refractivity contribution in [1.82, 2.24) is 15.1 Å². The van der Waals surface area contributed by atoms with Gasteiger partial charge in [0.15, 0.2) is 0 Å². The van der Waals surface area contributed by atoms with Gasteiger partial charge in [-0.1, -0.05) is 5.16 Å². The van der Waals surface area contributed by atoms with Gasteiger partial charge in [0.2, 0.25) is 5.82 Å². The summed E-state index contributed by atoms with van der Waals surface area (Å²) in [7, 11) is 1.68. The second-order valence-corrected chi connectivity index (χ2v) is 6.46. The first-order chi connectivity index (χ1) is 11.2. The lowest BCUT2D eigenvalue weighted by atomic mass is 9.93. The molecular weight excluding hydrogens is 318 g/mol. The van der Waals surface area contributed by atoms with Crippen LogP contribution in [0.15, 0.2) is 10.7 Å². The Labute approximate surface area is 139 Å². The Bertz CT molecular complexity index is 636. The Morgan fingerprint density at radius 3 is 2.87 bits per heavy atom. The maximum absolute atomic E-state index is 5.69. The Kier molecular flexibility index (Phi) is 5.05. The van der Waals surface area contributed by atoms with Crippen LogP contribution in [0, 0.1) is 0 Å². The van der Waals surface area contributed by atoms with Crippen LogP contribution < -0.4 is 0 Å². The predicted octanol–water partition coefficient (Wildman–Crippen LogP) is 2.94. The molecule has 126 valence electrons. The van der Waals surface area contributed by atoms with E-state index in [1.54, 1.807) is 13.3 Å². The van der Waals surface area contributed by atoms with Gasteiger partial charge in [-0.05, 0) is 13.8 Å². The van der Waals surface area contributed by atoms with Crippen molar-refractivity contribution in [2.45, 2.75) is 38.4 Å². The molecule has 1 aliphatic heterocycles. The fraction of sp³-hybridized carbons (Fsp3) is 0.667. The first-order valence-corrected chi connectivity index (χ1v) is 8.55. The Balaban J connectivity index is 1.81. The molecule has 2 aromatic rings. The van der Waals surface area contributed by atoms with Crippen LogP contribution >= 0.6 is 11.3 Å². The van der Waals surface area contributed by atoms with Crippen molar-refractivity contribution < 1.29 is 18.7 Å². The number of aromatic nitrogens is 3. The number of hydrogen-bond donors (Lipinski definition) is 0. The molecule has 1 saturated heterocycles. The van der Waals surface area contributed by atoms with Crippen LogP contribution in [0.1, 0.15) is 43.6 Å². The molecular formula is C15H21N3O4S. The summed E-state index contributed by atoms with van der Waals surface area (Å²) < 4.78 is 22.1. The van der Waals surface area contributed by atoms with Crippen LogP contribution in [-0.2, 0) is 19.8 Å². The molecule has 2 aromatic heterocycles. The van der Waals surface area contributed by atoms with Crippen molar-refractivity contribution in [3.8, 4) is 10.8 Å². The highest BCUT2D eigenvalue weighted by molar-refractivity contribution is 7.15. The highest BCUT2D eigenvalue weighted by atomic mass is 32.1. The van der Waals surface area contributed by atoms with Crippen molar-refractivity contribution in [3.63, 3.8) is 0 Å². The molecule has 0 radical (unpaired) electrons. The molecule has 23 heavy (non-hydrogen) atoms. The Morgan fingerprint density at radius 2 is 2.17 bits per heavy atom. The van der Waals surface area contributed by atoms with Gasteiger partial charge in [-0.15, -0.1) is 11.3 Å². The van der Waals surface area contributed by atoms with Crippen LogP contribution in [0.3, 0.4) is 0 Å². The molecule has 7 nitrogen and oxygen atoms in total. The second kappa shape index (κ2) is 7.04. The van der Waals surface area contributed by atoms with Gasteiger partial charge in [0, 0.05) is 39.8 Å². The third kappa shape index (κ3) is 3.30. The van der Waals surface area contributed by atoms with Gasteiger partial charge < -0.3 is 18.7 Å². The van der Waals surface area contributed by atoms with Gasteiger partial charge in [-0.25, -0.2) is 4.98 Å². The summed E-state index contributed by atoms with van der Waals surface area (Å²) in [5.74, 6) is 1.04. The molecule has 1 fully saturated rings. The van der Waals surface area contributed by atoms with Crippen molar-refractivity contribution in [2.24, 2.45) is 0 Å². The van der Waals surface area contributed by atoms with Crippen molar-refractivity contribution in [1.29, 1.82) is 0 Å². The normalized spacial score (nSPS) is 18.9. The van der Waals surface area contributed by atoms with Crippen LogP contribution in [0.25, 0.3) is 10.8 Å². The van der Waals surface area contributed by atoms with E-state index in [4.69, 9.17) is 18.7 Å². The van der Waals surface area contributed by atoms with Gasteiger partial charge in [-0.3, -0.25) is 0 Å². The molecule has 8 heteroatoms. The monoisotopic (exact) mass is 339 g/mol. The minimum absolute atomic E-state index is 0.0399. The fourth-order valence-electron chi connectivity index (χ4n) is 2.62. The molecule has 0 spiro atoms. The van der Waals surface area contributed by atoms with E-state index in [-0.39, 0.29) is 6.10 Å². The first kappa shape index (κ1) is 16.5. The van der Waals surface area contributed by atoms with E-state index in [0.717, 1.165) is 22.7 Å². The zero-order valence-electron chi connectivity index (χ0n) is 13.6. The summed E-state index contributed by atoms with van der Waals surface area (Å²) >= 11 is 1.50. The third-order valence-electron chi connectivity index (χ3n) is 4.02. The number of rotatable bonds is 6. The van der Waals surface area contributed by atoms with Gasteiger partial charge in [-0.2, -0.15) is 4.98 Å². The van der Waals surface area contributed by atoms with Crippen LogP contribution in [0.2, 0.25) is 0 Å². The van der Waals surface area contributed by atoms with Gasteiger partial charge in [0.1, 0.15) is 21.6 Å². The van der Waals surface area contributed by atoms with Crippen LogP contribution in [-0.4, -0.2) is 42.1 Å². The highest BCUT2D eigenvalue weighted by Gasteiger charge is 2.39. The first-order valence-electron chi connectivity index (χ1n) is 7.73. The molecule has 0 bridgehead atoms. The molecule has 0 saturated carbocycles. The van der Waals surface area contributed by atoms with E-state index in [1.807, 2.05) is 13.8 Å². The minimum atomic E-state index is -0.522. The second-order valence-electron chi connectivity index (χ2n) is 5.39. The maximum Gasteiger partial charge on any atom is 0.269 e. The van der Waals surface area contributed by atoms with Gasteiger partial charge in [0.05, 0.1) is 6.20 Å². The number of nitrogens with zero attached hydrogens (tertiary/aromatic N) is 3. The summed E-state index contributed by atoms with van der Waals surface area (Å²) in [6.07, 6.45) is 3.15. The quantitative estimate of drug-likeness (QED) is 0.800. The van der Waals surface area contributed by atoms with E-state index >= 15 is 0 Å². The average molecular weight is 339 g/mol. The molecule has 1 atom stereocenters. The number of ether oxygens (including phenoxy) is 3. The molecule has 0 aliphatic carbocycles. The summed E-state index contributed by atoms with van der Waals surface area (Å²) in [5.41, 5.74) is -0.522. The largest absolute Gasteiger partial charge is 0.381 e. The lowest BCUT2D eigenvalue weighted by molar-refractivity contribution is -0.101. The standard InChI is InChI=1S/C15H21N3O4S/c1-4-21-10(2)13-16-9-11(23-13)12-17-14(18-22-12)15(19-3)5-7-20-8-6-15/h9-10H,4-8H2,1-3H3. The van der Waals surface area contributed by atoms with E-state index in [2.05, 4.69) is 15.1 Å². The summed E-state index contributed by atoms with van der Waals surface area (Å²) in [4.78, 5) is 9.76. The molecule has 0 N–H and O–H groups in total. The SMILES string of the molecule is CCOC(C)c1ncc(-c2nc(C3(OC)CCOCC3)no2)s1. The average Bonchev–Trinajstić information content (AvgIpc) is 3.25. The Morgan fingerprint density at radius 1 is 1.39 bits per heavy atom. The summed E-state index contributed by atoms with van der Waals surface area (Å²) in [6.45, 7) is 5.86. The molecule has 0 amide bonds. The zero-order chi connectivity index (χ0) is 16.3. The lowest BCUT2D eigenvalue weighted by Gasteiger charge is -2.32. The maximum atomic E-state index is 5.69. The van der Waals surface area contributed by atoms with Crippen molar-refractivity contribution in [2.75, 3.05) is 26.9 Å². The van der Waals surface area contributed by atoms with Gasteiger partial charge >= 0.3 is 0 Å². The third-order valence-corrected chi connectivity index (χ3v) is 5.17. The van der Waals surface area contributed by atoms with Crippen LogP contribution in [0.5, 0.6) is 0 Å². The number of hydrogen-bond acceptors (Lipinski definition) is 8. The van der Waals surface area contributed by atoms with Crippen LogP contribution in [0.4, 0.5) is 0 Å². The zero-order valence-corrected chi connectivity index (χ0v) is 14.4.